The molecule has 0 fully saturated rings. The molecule has 0 amide bonds. The van der Waals surface area contributed by atoms with E-state index in [1.54, 1.807) is 12.4 Å². The summed E-state index contributed by atoms with van der Waals surface area (Å²) < 4.78 is 0. The van der Waals surface area contributed by atoms with Crippen LogP contribution in [0, 0.1) is 0 Å². The fourth-order valence-corrected chi connectivity index (χ4v) is 2.55. The lowest BCUT2D eigenvalue weighted by Gasteiger charge is -2.08. The maximum Gasteiger partial charge on any atom is 0.160 e. The second-order valence-electron chi connectivity index (χ2n) is 5.09. The van der Waals surface area contributed by atoms with E-state index in [4.69, 9.17) is 0 Å². The Balaban J connectivity index is 1.97. The molecule has 1 aliphatic rings. The number of pyridine rings is 2. The maximum atomic E-state index is 4.68. The van der Waals surface area contributed by atoms with Gasteiger partial charge in [-0.1, -0.05) is 26.0 Å². The van der Waals surface area contributed by atoms with Gasteiger partial charge in [0.15, 0.2) is 11.7 Å². The molecule has 2 aromatic rings. The molecule has 1 aliphatic heterocycles. The van der Waals surface area contributed by atoms with Crippen LogP contribution in [-0.4, -0.2) is 21.6 Å². The van der Waals surface area contributed by atoms with E-state index in [2.05, 4.69) is 39.1 Å². The molecule has 116 valence electrons. The van der Waals surface area contributed by atoms with E-state index < -0.39 is 0 Å². The van der Waals surface area contributed by atoms with Crippen LogP contribution in [0.4, 0.5) is 11.6 Å². The molecule has 3 heterocycles. The minimum absolute atomic E-state index is 0.673. The SMILES string of the molecule is CCC1=C(CC)/C(=N/c2ccccn2)N=C1Nc1ccccn1. The van der Waals surface area contributed by atoms with E-state index in [1.165, 1.54) is 5.57 Å². The highest BCUT2D eigenvalue weighted by atomic mass is 15.1. The van der Waals surface area contributed by atoms with E-state index in [-0.39, 0.29) is 0 Å². The number of hydrogen-bond donors (Lipinski definition) is 1. The van der Waals surface area contributed by atoms with Gasteiger partial charge in [-0.25, -0.2) is 20.0 Å². The summed E-state index contributed by atoms with van der Waals surface area (Å²) in [6.07, 6.45) is 5.27. The Kier molecular flexibility index (Phi) is 4.57. The van der Waals surface area contributed by atoms with Gasteiger partial charge in [-0.05, 0) is 37.1 Å². The van der Waals surface area contributed by atoms with E-state index in [1.807, 2.05) is 36.4 Å². The Bertz CT molecular complexity index is 761. The van der Waals surface area contributed by atoms with Gasteiger partial charge in [0.1, 0.15) is 11.7 Å². The van der Waals surface area contributed by atoms with E-state index in [0.29, 0.717) is 5.82 Å². The topological polar surface area (TPSA) is 62.5 Å². The fourth-order valence-electron chi connectivity index (χ4n) is 2.55. The average molecular weight is 305 g/mol. The number of nitrogens with one attached hydrogen (secondary N) is 1. The number of hydrogen-bond acceptors (Lipinski definition) is 4. The quantitative estimate of drug-likeness (QED) is 0.923. The number of aliphatic imine (C=N–C) groups is 2. The second-order valence-corrected chi connectivity index (χ2v) is 5.09. The molecule has 0 aromatic carbocycles. The van der Waals surface area contributed by atoms with Crippen LogP contribution in [0.15, 0.2) is 69.9 Å². The van der Waals surface area contributed by atoms with Crippen LogP contribution >= 0.6 is 0 Å². The van der Waals surface area contributed by atoms with Gasteiger partial charge in [-0.2, -0.15) is 0 Å². The Hall–Kier alpha value is -2.82. The molecule has 0 aliphatic carbocycles. The van der Waals surface area contributed by atoms with Crippen LogP contribution in [0.1, 0.15) is 26.7 Å². The Morgan fingerprint density at radius 3 is 2.26 bits per heavy atom. The van der Waals surface area contributed by atoms with Crippen LogP contribution < -0.4 is 5.32 Å². The summed E-state index contributed by atoms with van der Waals surface area (Å²) in [4.78, 5) is 17.8. The summed E-state index contributed by atoms with van der Waals surface area (Å²) in [5.41, 5.74) is 2.35. The molecule has 0 spiro atoms. The molecule has 0 radical (unpaired) electrons. The summed E-state index contributed by atoms with van der Waals surface area (Å²) in [5.74, 6) is 3.03. The molecule has 1 N–H and O–H groups in total. The van der Waals surface area contributed by atoms with Crippen molar-refractivity contribution < 1.29 is 0 Å². The molecular weight excluding hydrogens is 286 g/mol. The van der Waals surface area contributed by atoms with Crippen molar-refractivity contribution in [3.63, 3.8) is 0 Å². The second kappa shape index (κ2) is 6.96. The van der Waals surface area contributed by atoms with Gasteiger partial charge in [0.05, 0.1) is 0 Å². The first-order valence-electron chi connectivity index (χ1n) is 7.81. The van der Waals surface area contributed by atoms with E-state index in [0.717, 1.165) is 35.9 Å². The summed E-state index contributed by atoms with van der Waals surface area (Å²) in [6, 6.07) is 11.5. The first-order valence-corrected chi connectivity index (χ1v) is 7.81. The number of amidine groups is 2. The molecule has 3 rings (SSSR count). The van der Waals surface area contributed by atoms with Gasteiger partial charge in [0.2, 0.25) is 0 Å². The third kappa shape index (κ3) is 3.34. The monoisotopic (exact) mass is 305 g/mol. The maximum absolute atomic E-state index is 4.68. The molecular formula is C18H19N5. The Morgan fingerprint density at radius 2 is 1.65 bits per heavy atom. The largest absolute Gasteiger partial charge is 0.325 e. The molecule has 0 saturated carbocycles. The van der Waals surface area contributed by atoms with E-state index in [9.17, 15) is 0 Å². The highest BCUT2D eigenvalue weighted by Gasteiger charge is 2.23. The lowest BCUT2D eigenvalue weighted by Crippen LogP contribution is -2.13. The molecule has 5 nitrogen and oxygen atoms in total. The number of anilines is 1. The molecule has 5 heteroatoms. The average Bonchev–Trinajstić information content (AvgIpc) is 2.92. The smallest absolute Gasteiger partial charge is 0.160 e. The van der Waals surface area contributed by atoms with Crippen LogP contribution in [-0.2, 0) is 0 Å². The summed E-state index contributed by atoms with van der Waals surface area (Å²) in [6.45, 7) is 4.25. The van der Waals surface area contributed by atoms with Gasteiger partial charge in [0, 0.05) is 23.5 Å². The third-order valence-corrected chi connectivity index (χ3v) is 3.63. The highest BCUT2D eigenvalue weighted by Crippen LogP contribution is 2.25. The minimum Gasteiger partial charge on any atom is -0.325 e. The van der Waals surface area contributed by atoms with Crippen LogP contribution in [0.5, 0.6) is 0 Å². The van der Waals surface area contributed by atoms with Crippen molar-refractivity contribution in [2.45, 2.75) is 26.7 Å². The van der Waals surface area contributed by atoms with Crippen molar-refractivity contribution in [3.05, 3.63) is 59.9 Å². The number of rotatable bonds is 4. The van der Waals surface area contributed by atoms with Crippen LogP contribution in [0.3, 0.4) is 0 Å². The Morgan fingerprint density at radius 1 is 0.913 bits per heavy atom. The normalized spacial score (nSPS) is 15.9. The van der Waals surface area contributed by atoms with Gasteiger partial charge in [-0.3, -0.25) is 0 Å². The van der Waals surface area contributed by atoms with Crippen molar-refractivity contribution in [1.82, 2.24) is 9.97 Å². The van der Waals surface area contributed by atoms with Crippen molar-refractivity contribution in [2.75, 3.05) is 5.32 Å². The van der Waals surface area contributed by atoms with Crippen LogP contribution in [0.25, 0.3) is 0 Å². The Labute approximate surface area is 135 Å². The zero-order valence-electron chi connectivity index (χ0n) is 13.3. The van der Waals surface area contributed by atoms with Crippen molar-refractivity contribution in [3.8, 4) is 0 Å². The third-order valence-electron chi connectivity index (χ3n) is 3.63. The minimum atomic E-state index is 0.673. The molecule has 0 bridgehead atoms. The van der Waals surface area contributed by atoms with Gasteiger partial charge >= 0.3 is 0 Å². The number of aromatic nitrogens is 2. The summed E-state index contributed by atoms with van der Waals surface area (Å²) in [7, 11) is 0. The van der Waals surface area contributed by atoms with Crippen molar-refractivity contribution in [1.29, 1.82) is 0 Å². The lowest BCUT2D eigenvalue weighted by molar-refractivity contribution is 1.09. The molecule has 0 saturated heterocycles. The first-order chi connectivity index (χ1) is 11.3. The summed E-state index contributed by atoms with van der Waals surface area (Å²) in [5, 5.41) is 3.30. The highest BCUT2D eigenvalue weighted by molar-refractivity contribution is 6.24. The fraction of sp³-hybridized carbons (Fsp3) is 0.222. The summed E-state index contributed by atoms with van der Waals surface area (Å²) >= 11 is 0. The predicted molar refractivity (Wildman–Crippen MR) is 94.2 cm³/mol. The first kappa shape index (κ1) is 15.1. The number of nitrogens with zero attached hydrogens (tertiary/aromatic N) is 4. The molecule has 2 aromatic heterocycles. The van der Waals surface area contributed by atoms with E-state index >= 15 is 0 Å². The lowest BCUT2D eigenvalue weighted by atomic mass is 10.0. The molecule has 0 atom stereocenters. The zero-order valence-corrected chi connectivity index (χ0v) is 13.3. The van der Waals surface area contributed by atoms with Crippen LogP contribution in [0.2, 0.25) is 0 Å². The van der Waals surface area contributed by atoms with Gasteiger partial charge in [0.25, 0.3) is 0 Å². The standard InChI is InChI=1S/C18H19N5/c1-3-13-14(4-2)18(22-16-10-6-8-12-20-16)23-17(13)21-15-9-5-7-11-19-15/h5-12H,3-4H2,1-2H3,(H,19,20,21,22,23). The van der Waals surface area contributed by atoms with Gasteiger partial charge in [-0.15, -0.1) is 0 Å². The predicted octanol–water partition coefficient (Wildman–Crippen LogP) is 4.15. The van der Waals surface area contributed by atoms with Gasteiger partial charge < -0.3 is 5.32 Å². The molecule has 23 heavy (non-hydrogen) atoms. The molecule has 0 unspecified atom stereocenters. The van der Waals surface area contributed by atoms with Crippen molar-refractivity contribution >= 4 is 23.3 Å². The zero-order chi connectivity index (χ0) is 16.1. The van der Waals surface area contributed by atoms with Crippen molar-refractivity contribution in [2.24, 2.45) is 9.98 Å².